The van der Waals surface area contributed by atoms with Gasteiger partial charge in [-0.15, -0.1) is 0 Å². The van der Waals surface area contributed by atoms with Gasteiger partial charge in [-0.25, -0.2) is 0 Å². The van der Waals surface area contributed by atoms with Gasteiger partial charge in [0.05, 0.1) is 5.75 Å². The molecule has 1 N–H and O–H groups in total. The van der Waals surface area contributed by atoms with E-state index in [0.29, 0.717) is 12.8 Å². The zero-order chi connectivity index (χ0) is 16.7. The molecule has 0 spiro atoms. The average Bonchev–Trinajstić information content (AvgIpc) is 2.53. The van der Waals surface area contributed by atoms with Gasteiger partial charge < -0.3 is 0 Å². The number of hydrogen-bond acceptors (Lipinski definition) is 2. The Labute approximate surface area is 138 Å². The van der Waals surface area contributed by atoms with Gasteiger partial charge in [0.25, 0.3) is 10.1 Å². The van der Waals surface area contributed by atoms with E-state index in [4.69, 9.17) is 4.55 Å². The molecule has 0 saturated heterocycles. The largest absolute Gasteiger partial charge is 0.286 e. The van der Waals surface area contributed by atoms with E-state index in [1.54, 1.807) is 0 Å². The fourth-order valence-electron chi connectivity index (χ4n) is 2.74. The summed E-state index contributed by atoms with van der Waals surface area (Å²) in [5.74, 6) is -0.0927. The SMILES string of the molecule is C=C(CCCCS(=O)(=O)O)C(c1ccccc1)c1ccccc1. The van der Waals surface area contributed by atoms with Crippen LogP contribution in [0.2, 0.25) is 0 Å². The first-order chi connectivity index (χ1) is 11.0. The highest BCUT2D eigenvalue weighted by Crippen LogP contribution is 2.33. The normalized spacial score (nSPS) is 11.6. The van der Waals surface area contributed by atoms with E-state index in [-0.39, 0.29) is 11.7 Å². The first kappa shape index (κ1) is 17.4. The fourth-order valence-corrected chi connectivity index (χ4v) is 3.30. The van der Waals surface area contributed by atoms with Crippen molar-refractivity contribution in [2.75, 3.05) is 5.75 Å². The Balaban J connectivity index is 2.10. The number of hydrogen-bond donors (Lipinski definition) is 1. The van der Waals surface area contributed by atoms with Crippen LogP contribution in [0.15, 0.2) is 72.8 Å². The summed E-state index contributed by atoms with van der Waals surface area (Å²) in [6.07, 6.45) is 1.85. The van der Waals surface area contributed by atoms with Crippen LogP contribution in [0.4, 0.5) is 0 Å². The molecule has 0 saturated carbocycles. The van der Waals surface area contributed by atoms with Gasteiger partial charge in [0, 0.05) is 5.92 Å². The Morgan fingerprint density at radius 3 is 1.83 bits per heavy atom. The van der Waals surface area contributed by atoms with Crippen molar-refractivity contribution in [2.24, 2.45) is 0 Å². The molecule has 2 rings (SSSR count). The molecule has 2 aromatic carbocycles. The molecule has 2 aromatic rings. The molecule has 0 aliphatic carbocycles. The molecular weight excluding hydrogens is 308 g/mol. The zero-order valence-corrected chi connectivity index (χ0v) is 13.9. The number of unbranched alkanes of at least 4 members (excludes halogenated alkanes) is 1. The molecule has 0 fully saturated rings. The maximum atomic E-state index is 10.8. The monoisotopic (exact) mass is 330 g/mol. The van der Waals surface area contributed by atoms with Crippen molar-refractivity contribution < 1.29 is 13.0 Å². The van der Waals surface area contributed by atoms with Crippen LogP contribution in [-0.2, 0) is 10.1 Å². The molecular formula is C19H22O3S. The maximum absolute atomic E-state index is 10.8. The first-order valence-electron chi connectivity index (χ1n) is 7.70. The standard InChI is InChI=1S/C19H22O3S/c1-16(10-8-9-15-23(20,21)22)19(17-11-4-2-5-12-17)18-13-6-3-7-14-18/h2-7,11-14,19H,1,8-10,15H2,(H,20,21,22). The van der Waals surface area contributed by atoms with Crippen LogP contribution in [0.25, 0.3) is 0 Å². The Hall–Kier alpha value is -1.91. The summed E-state index contributed by atoms with van der Waals surface area (Å²) >= 11 is 0. The van der Waals surface area contributed by atoms with Crippen molar-refractivity contribution in [3.8, 4) is 0 Å². The molecule has 0 heterocycles. The minimum Gasteiger partial charge on any atom is -0.286 e. The third-order valence-corrected chi connectivity index (χ3v) is 4.63. The molecule has 0 aliphatic heterocycles. The smallest absolute Gasteiger partial charge is 0.264 e. The van der Waals surface area contributed by atoms with Crippen molar-refractivity contribution in [2.45, 2.75) is 25.2 Å². The Morgan fingerprint density at radius 2 is 1.39 bits per heavy atom. The van der Waals surface area contributed by atoms with E-state index in [0.717, 1.165) is 12.0 Å². The number of rotatable bonds is 8. The van der Waals surface area contributed by atoms with E-state index in [9.17, 15) is 8.42 Å². The van der Waals surface area contributed by atoms with Crippen LogP contribution >= 0.6 is 0 Å². The topological polar surface area (TPSA) is 54.4 Å². The van der Waals surface area contributed by atoms with Crippen LogP contribution in [-0.4, -0.2) is 18.7 Å². The molecule has 0 amide bonds. The van der Waals surface area contributed by atoms with Crippen LogP contribution in [0.1, 0.15) is 36.3 Å². The first-order valence-corrected chi connectivity index (χ1v) is 9.31. The molecule has 122 valence electrons. The average molecular weight is 330 g/mol. The molecule has 0 unspecified atom stereocenters. The molecule has 0 aromatic heterocycles. The Bertz CT molecular complexity index is 682. The highest BCUT2D eigenvalue weighted by Gasteiger charge is 2.17. The van der Waals surface area contributed by atoms with Crippen molar-refractivity contribution in [1.82, 2.24) is 0 Å². The van der Waals surface area contributed by atoms with E-state index in [1.807, 2.05) is 36.4 Å². The van der Waals surface area contributed by atoms with E-state index >= 15 is 0 Å². The van der Waals surface area contributed by atoms with E-state index < -0.39 is 10.1 Å². The quantitative estimate of drug-likeness (QED) is 0.442. The molecule has 3 nitrogen and oxygen atoms in total. The summed E-state index contributed by atoms with van der Waals surface area (Å²) in [6.45, 7) is 4.23. The Kier molecular flexibility index (Phi) is 6.13. The fraction of sp³-hybridized carbons (Fsp3) is 0.263. The van der Waals surface area contributed by atoms with Crippen LogP contribution < -0.4 is 0 Å². The van der Waals surface area contributed by atoms with Gasteiger partial charge in [0.15, 0.2) is 0 Å². The summed E-state index contributed by atoms with van der Waals surface area (Å²) in [7, 11) is -3.88. The van der Waals surface area contributed by atoms with Gasteiger partial charge >= 0.3 is 0 Å². The van der Waals surface area contributed by atoms with Gasteiger partial charge in [0.1, 0.15) is 0 Å². The van der Waals surface area contributed by atoms with Crippen LogP contribution in [0.5, 0.6) is 0 Å². The second kappa shape index (κ2) is 8.09. The van der Waals surface area contributed by atoms with E-state index in [2.05, 4.69) is 30.8 Å². The highest BCUT2D eigenvalue weighted by atomic mass is 32.2. The van der Waals surface area contributed by atoms with Crippen molar-refractivity contribution in [3.05, 3.63) is 83.9 Å². The predicted octanol–water partition coefficient (Wildman–Crippen LogP) is 4.43. The Morgan fingerprint density at radius 1 is 0.913 bits per heavy atom. The summed E-state index contributed by atoms with van der Waals surface area (Å²) in [4.78, 5) is 0. The summed E-state index contributed by atoms with van der Waals surface area (Å²) in [5.41, 5.74) is 3.41. The number of benzene rings is 2. The van der Waals surface area contributed by atoms with Gasteiger partial charge in [-0.2, -0.15) is 8.42 Å². The van der Waals surface area contributed by atoms with Crippen LogP contribution in [0.3, 0.4) is 0 Å². The lowest BCUT2D eigenvalue weighted by atomic mass is 9.83. The van der Waals surface area contributed by atoms with Gasteiger partial charge in [-0.05, 0) is 30.4 Å². The van der Waals surface area contributed by atoms with Gasteiger partial charge in [0.2, 0.25) is 0 Å². The van der Waals surface area contributed by atoms with E-state index in [1.165, 1.54) is 11.1 Å². The lowest BCUT2D eigenvalue weighted by Crippen LogP contribution is -2.06. The third-order valence-electron chi connectivity index (χ3n) is 3.82. The highest BCUT2D eigenvalue weighted by molar-refractivity contribution is 7.85. The third kappa shape index (κ3) is 5.66. The van der Waals surface area contributed by atoms with Crippen LogP contribution in [0, 0.1) is 0 Å². The summed E-state index contributed by atoms with van der Waals surface area (Å²) in [5, 5.41) is 0. The zero-order valence-electron chi connectivity index (χ0n) is 13.1. The molecule has 0 radical (unpaired) electrons. The van der Waals surface area contributed by atoms with Crippen molar-refractivity contribution >= 4 is 10.1 Å². The van der Waals surface area contributed by atoms with Gasteiger partial charge in [-0.1, -0.05) is 72.8 Å². The second-order valence-corrected chi connectivity index (χ2v) is 7.23. The minimum absolute atomic E-state index is 0.100. The molecule has 4 heteroatoms. The van der Waals surface area contributed by atoms with Crippen molar-refractivity contribution in [1.29, 1.82) is 0 Å². The minimum atomic E-state index is -3.88. The van der Waals surface area contributed by atoms with Gasteiger partial charge in [-0.3, -0.25) is 4.55 Å². The predicted molar refractivity (Wildman–Crippen MR) is 94.1 cm³/mol. The maximum Gasteiger partial charge on any atom is 0.264 e. The molecule has 23 heavy (non-hydrogen) atoms. The summed E-state index contributed by atoms with van der Waals surface area (Å²) < 4.78 is 30.4. The summed E-state index contributed by atoms with van der Waals surface area (Å²) in [6, 6.07) is 20.4. The number of allylic oxidation sites excluding steroid dienone is 1. The lowest BCUT2D eigenvalue weighted by Gasteiger charge is -2.21. The van der Waals surface area contributed by atoms with Crippen molar-refractivity contribution in [3.63, 3.8) is 0 Å². The second-order valence-electron chi connectivity index (χ2n) is 5.66. The molecule has 0 aliphatic rings. The molecule has 0 bridgehead atoms. The lowest BCUT2D eigenvalue weighted by molar-refractivity contribution is 0.480. The molecule has 0 atom stereocenters.